The summed E-state index contributed by atoms with van der Waals surface area (Å²) in [5, 5.41) is 0. The Morgan fingerprint density at radius 1 is 1.29 bits per heavy atom. The molecule has 2 N–H and O–H groups in total. The minimum Gasteiger partial charge on any atom is -0.370 e. The summed E-state index contributed by atoms with van der Waals surface area (Å²) in [7, 11) is 0. The summed E-state index contributed by atoms with van der Waals surface area (Å²) in [5.41, 5.74) is 7.48. The molecule has 0 amide bonds. The smallest absolute Gasteiger partial charge is 0.192 e. The van der Waals surface area contributed by atoms with Gasteiger partial charge in [0.25, 0.3) is 0 Å². The number of rotatable bonds is 2. The summed E-state index contributed by atoms with van der Waals surface area (Å²) in [6, 6.07) is 1.04. The SMILES string of the molecule is NC1=NC2CCCCC2N1CC1=CCCC=C1. The van der Waals surface area contributed by atoms with Crippen LogP contribution in [0.25, 0.3) is 0 Å². The molecule has 2 atom stereocenters. The molecule has 1 heterocycles. The highest BCUT2D eigenvalue weighted by Gasteiger charge is 2.36. The molecule has 0 saturated heterocycles. The molecular weight excluding hydrogens is 210 g/mol. The predicted octanol–water partition coefficient (Wildman–Crippen LogP) is 2.20. The maximum Gasteiger partial charge on any atom is 0.192 e. The van der Waals surface area contributed by atoms with Crippen LogP contribution < -0.4 is 5.73 Å². The van der Waals surface area contributed by atoms with Crippen LogP contribution in [0.4, 0.5) is 0 Å². The second kappa shape index (κ2) is 4.55. The van der Waals surface area contributed by atoms with Crippen molar-refractivity contribution in [3.8, 4) is 0 Å². The van der Waals surface area contributed by atoms with Crippen LogP contribution in [-0.4, -0.2) is 29.5 Å². The third-order valence-corrected chi connectivity index (χ3v) is 4.11. The molecule has 3 heteroatoms. The van der Waals surface area contributed by atoms with E-state index in [9.17, 15) is 0 Å². The van der Waals surface area contributed by atoms with E-state index in [0.717, 1.165) is 12.5 Å². The summed E-state index contributed by atoms with van der Waals surface area (Å²) in [6.45, 7) is 0.951. The molecule has 0 spiro atoms. The largest absolute Gasteiger partial charge is 0.370 e. The van der Waals surface area contributed by atoms with E-state index in [2.05, 4.69) is 28.1 Å². The molecule has 92 valence electrons. The summed E-state index contributed by atoms with van der Waals surface area (Å²) in [4.78, 5) is 6.95. The normalized spacial score (nSPS) is 32.1. The van der Waals surface area contributed by atoms with Gasteiger partial charge in [-0.25, -0.2) is 4.99 Å². The quantitative estimate of drug-likeness (QED) is 0.791. The van der Waals surface area contributed by atoms with Crippen molar-refractivity contribution in [2.24, 2.45) is 10.7 Å². The van der Waals surface area contributed by atoms with Crippen LogP contribution in [0.15, 0.2) is 28.8 Å². The van der Waals surface area contributed by atoms with Gasteiger partial charge in [-0.2, -0.15) is 0 Å². The van der Waals surface area contributed by atoms with Gasteiger partial charge >= 0.3 is 0 Å². The molecule has 0 radical (unpaired) electrons. The Kier molecular flexibility index (Phi) is 2.91. The van der Waals surface area contributed by atoms with E-state index >= 15 is 0 Å². The molecule has 2 aliphatic carbocycles. The number of hydrogen-bond acceptors (Lipinski definition) is 3. The minimum atomic E-state index is 0.469. The van der Waals surface area contributed by atoms with Crippen molar-refractivity contribution in [1.82, 2.24) is 4.90 Å². The lowest BCUT2D eigenvalue weighted by molar-refractivity contribution is 0.256. The van der Waals surface area contributed by atoms with E-state index in [1.54, 1.807) is 0 Å². The Labute approximate surface area is 103 Å². The fourth-order valence-electron chi connectivity index (χ4n) is 3.20. The Morgan fingerprint density at radius 3 is 3.00 bits per heavy atom. The molecular formula is C14H21N3. The van der Waals surface area contributed by atoms with Crippen molar-refractivity contribution in [3.63, 3.8) is 0 Å². The fourth-order valence-corrected chi connectivity index (χ4v) is 3.20. The first-order valence-electron chi connectivity index (χ1n) is 6.80. The van der Waals surface area contributed by atoms with Crippen LogP contribution in [0, 0.1) is 0 Å². The first-order chi connectivity index (χ1) is 8.34. The zero-order valence-electron chi connectivity index (χ0n) is 10.3. The minimum absolute atomic E-state index is 0.469. The zero-order valence-corrected chi connectivity index (χ0v) is 10.3. The van der Waals surface area contributed by atoms with Gasteiger partial charge < -0.3 is 10.6 Å². The number of nitrogens with zero attached hydrogens (tertiary/aromatic N) is 2. The van der Waals surface area contributed by atoms with E-state index in [0.29, 0.717) is 12.1 Å². The maximum absolute atomic E-state index is 6.08. The van der Waals surface area contributed by atoms with Gasteiger partial charge in [-0.05, 0) is 31.3 Å². The summed E-state index contributed by atoms with van der Waals surface area (Å²) in [5.74, 6) is 0.766. The van der Waals surface area contributed by atoms with Gasteiger partial charge in [-0.1, -0.05) is 31.1 Å². The average molecular weight is 231 g/mol. The number of allylic oxidation sites excluding steroid dienone is 2. The van der Waals surface area contributed by atoms with Crippen molar-refractivity contribution >= 4 is 5.96 Å². The van der Waals surface area contributed by atoms with Gasteiger partial charge in [0.05, 0.1) is 12.1 Å². The van der Waals surface area contributed by atoms with E-state index in [1.165, 1.54) is 44.1 Å². The highest BCUT2D eigenvalue weighted by atomic mass is 15.3. The van der Waals surface area contributed by atoms with Gasteiger partial charge in [0.2, 0.25) is 0 Å². The fraction of sp³-hybridized carbons (Fsp3) is 0.643. The second-order valence-corrected chi connectivity index (χ2v) is 5.29. The van der Waals surface area contributed by atoms with E-state index in [4.69, 9.17) is 5.73 Å². The third kappa shape index (κ3) is 2.11. The summed E-state index contributed by atoms with van der Waals surface area (Å²) in [6.07, 6.45) is 14.3. The van der Waals surface area contributed by atoms with Crippen LogP contribution in [-0.2, 0) is 0 Å². The van der Waals surface area contributed by atoms with Gasteiger partial charge in [0.1, 0.15) is 0 Å². The van der Waals surface area contributed by atoms with Crippen LogP contribution in [0.2, 0.25) is 0 Å². The molecule has 2 unspecified atom stereocenters. The first kappa shape index (κ1) is 10.9. The lowest BCUT2D eigenvalue weighted by Crippen LogP contribution is -2.44. The standard InChI is InChI=1S/C14H21N3/c15-14-16-12-8-4-5-9-13(12)17(14)10-11-6-2-1-3-7-11/h2,6-7,12-13H,1,3-5,8-10H2,(H2,15,16). The van der Waals surface area contributed by atoms with E-state index < -0.39 is 0 Å². The first-order valence-corrected chi connectivity index (χ1v) is 6.80. The Balaban J connectivity index is 1.71. The lowest BCUT2D eigenvalue weighted by Gasteiger charge is -2.32. The summed E-state index contributed by atoms with van der Waals surface area (Å²) < 4.78 is 0. The molecule has 1 saturated carbocycles. The van der Waals surface area contributed by atoms with Crippen LogP contribution >= 0.6 is 0 Å². The molecule has 17 heavy (non-hydrogen) atoms. The number of nitrogens with two attached hydrogens (primary N) is 1. The molecule has 0 aromatic heterocycles. The average Bonchev–Trinajstić information content (AvgIpc) is 2.68. The highest BCUT2D eigenvalue weighted by Crippen LogP contribution is 2.30. The number of aliphatic imine (C=N–C) groups is 1. The van der Waals surface area contributed by atoms with Crippen molar-refractivity contribution < 1.29 is 0 Å². The predicted molar refractivity (Wildman–Crippen MR) is 70.8 cm³/mol. The third-order valence-electron chi connectivity index (χ3n) is 4.11. The Morgan fingerprint density at radius 2 is 2.18 bits per heavy atom. The highest BCUT2D eigenvalue weighted by molar-refractivity contribution is 5.81. The molecule has 3 nitrogen and oxygen atoms in total. The zero-order chi connectivity index (χ0) is 11.7. The van der Waals surface area contributed by atoms with Gasteiger partial charge in [0, 0.05) is 6.54 Å². The Bertz CT molecular complexity index is 381. The number of hydrogen-bond donors (Lipinski definition) is 1. The monoisotopic (exact) mass is 231 g/mol. The Hall–Kier alpha value is -1.25. The van der Waals surface area contributed by atoms with Crippen LogP contribution in [0.1, 0.15) is 38.5 Å². The van der Waals surface area contributed by atoms with Crippen molar-refractivity contribution in [2.75, 3.05) is 6.54 Å². The van der Waals surface area contributed by atoms with E-state index in [-0.39, 0.29) is 0 Å². The van der Waals surface area contributed by atoms with Crippen molar-refractivity contribution in [2.45, 2.75) is 50.6 Å². The molecule has 1 fully saturated rings. The van der Waals surface area contributed by atoms with Crippen LogP contribution in [0.5, 0.6) is 0 Å². The summed E-state index contributed by atoms with van der Waals surface area (Å²) >= 11 is 0. The molecule has 3 rings (SSSR count). The number of guanidine groups is 1. The van der Waals surface area contributed by atoms with Crippen LogP contribution in [0.3, 0.4) is 0 Å². The molecule has 0 aromatic carbocycles. The van der Waals surface area contributed by atoms with Crippen molar-refractivity contribution in [1.29, 1.82) is 0 Å². The maximum atomic E-state index is 6.08. The lowest BCUT2D eigenvalue weighted by atomic mass is 9.90. The molecule has 3 aliphatic rings. The topological polar surface area (TPSA) is 41.6 Å². The van der Waals surface area contributed by atoms with Gasteiger partial charge in [0.15, 0.2) is 5.96 Å². The second-order valence-electron chi connectivity index (χ2n) is 5.29. The van der Waals surface area contributed by atoms with E-state index in [1.807, 2.05) is 0 Å². The molecule has 1 aliphatic heterocycles. The molecule has 0 bridgehead atoms. The van der Waals surface area contributed by atoms with Gasteiger partial charge in [-0.3, -0.25) is 0 Å². The van der Waals surface area contributed by atoms with Gasteiger partial charge in [-0.15, -0.1) is 0 Å². The number of fused-ring (bicyclic) bond motifs is 1. The molecule has 0 aromatic rings. The van der Waals surface area contributed by atoms with Crippen molar-refractivity contribution in [3.05, 3.63) is 23.8 Å².